The van der Waals surface area contributed by atoms with Gasteiger partial charge in [0.05, 0.1) is 24.7 Å². The van der Waals surface area contributed by atoms with Gasteiger partial charge < -0.3 is 15.0 Å². The number of halogens is 1. The van der Waals surface area contributed by atoms with Crippen molar-refractivity contribution in [2.24, 2.45) is 0 Å². The van der Waals surface area contributed by atoms with Crippen molar-refractivity contribution in [3.05, 3.63) is 30.1 Å². The Morgan fingerprint density at radius 2 is 2.00 bits per heavy atom. The summed E-state index contributed by atoms with van der Waals surface area (Å²) in [7, 11) is 0. The number of carbonyl (C=O) groups excluding carboxylic acids is 1. The van der Waals surface area contributed by atoms with E-state index >= 15 is 0 Å². The average molecular weight is 420 g/mol. The Balaban J connectivity index is 1.51. The Labute approximate surface area is 174 Å². The van der Waals surface area contributed by atoms with Gasteiger partial charge in [0, 0.05) is 19.1 Å². The summed E-state index contributed by atoms with van der Waals surface area (Å²) >= 11 is 1.33. The van der Waals surface area contributed by atoms with Crippen molar-refractivity contribution in [3.63, 3.8) is 0 Å². The average Bonchev–Trinajstić information content (AvgIpc) is 3.18. The van der Waals surface area contributed by atoms with Crippen molar-refractivity contribution in [2.75, 3.05) is 37.0 Å². The number of aromatic nitrogens is 3. The molecule has 0 spiro atoms. The second-order valence-corrected chi connectivity index (χ2v) is 8.33. The summed E-state index contributed by atoms with van der Waals surface area (Å²) in [5, 5.41) is 12.4. The zero-order valence-electron chi connectivity index (χ0n) is 16.3. The first-order valence-electron chi connectivity index (χ1n) is 10.2. The summed E-state index contributed by atoms with van der Waals surface area (Å²) in [6, 6.07) is 6.63. The molecule has 1 amide bonds. The maximum atomic E-state index is 13.9. The minimum Gasteiger partial charge on any atom is -0.378 e. The highest BCUT2D eigenvalue weighted by molar-refractivity contribution is 7.99. The molecule has 0 radical (unpaired) electrons. The van der Waals surface area contributed by atoms with E-state index in [1.165, 1.54) is 43.2 Å². The molecule has 2 aromatic rings. The molecule has 2 aliphatic rings. The monoisotopic (exact) mass is 419 g/mol. The lowest BCUT2D eigenvalue weighted by molar-refractivity contribution is -0.119. The summed E-state index contributed by atoms with van der Waals surface area (Å²) in [6.07, 6.45) is 5.71. The number of ether oxygens (including phenoxy) is 1. The highest BCUT2D eigenvalue weighted by Gasteiger charge is 2.23. The highest BCUT2D eigenvalue weighted by Crippen LogP contribution is 2.27. The van der Waals surface area contributed by atoms with Crippen LogP contribution in [-0.4, -0.2) is 58.8 Å². The molecule has 1 aliphatic heterocycles. The summed E-state index contributed by atoms with van der Waals surface area (Å²) < 4.78 is 21.1. The number of nitrogens with one attached hydrogen (secondary N) is 1. The van der Waals surface area contributed by atoms with Crippen LogP contribution in [0, 0.1) is 5.82 Å². The Morgan fingerprint density at radius 3 is 2.76 bits per heavy atom. The van der Waals surface area contributed by atoms with E-state index in [2.05, 4.69) is 20.4 Å². The molecule has 29 heavy (non-hydrogen) atoms. The first-order chi connectivity index (χ1) is 14.2. The molecular formula is C20H26FN5O2S. The van der Waals surface area contributed by atoms with E-state index in [-0.39, 0.29) is 23.5 Å². The molecule has 1 saturated heterocycles. The van der Waals surface area contributed by atoms with Gasteiger partial charge in [0.2, 0.25) is 11.9 Å². The first kappa shape index (κ1) is 20.2. The van der Waals surface area contributed by atoms with Gasteiger partial charge in [-0.05, 0) is 31.0 Å². The molecule has 7 nitrogen and oxygen atoms in total. The minimum atomic E-state index is -0.324. The van der Waals surface area contributed by atoms with Crippen molar-refractivity contribution in [1.82, 2.24) is 20.1 Å². The molecule has 1 aromatic carbocycles. The second kappa shape index (κ2) is 9.58. The van der Waals surface area contributed by atoms with Crippen molar-refractivity contribution in [2.45, 2.75) is 43.3 Å². The summed E-state index contributed by atoms with van der Waals surface area (Å²) in [5.74, 6) is 0.584. The van der Waals surface area contributed by atoms with Gasteiger partial charge in [-0.1, -0.05) is 37.1 Å². The number of hydrogen-bond acceptors (Lipinski definition) is 6. The molecule has 9 heteroatoms. The number of amides is 1. The van der Waals surface area contributed by atoms with Crippen LogP contribution in [0.2, 0.25) is 0 Å². The maximum Gasteiger partial charge on any atom is 0.232 e. The Kier molecular flexibility index (Phi) is 6.66. The standard InChI is InChI=1S/C20H26FN5O2S/c21-15-5-4-8-17(13-15)26-19(25-9-11-28-12-10-25)23-24-20(26)29-14-18(27)22-16-6-2-1-3-7-16/h4-5,8,13,16H,1-3,6-7,9-12,14H2,(H,22,27). The maximum absolute atomic E-state index is 13.9. The van der Waals surface area contributed by atoms with E-state index in [1.54, 1.807) is 6.07 Å². The van der Waals surface area contributed by atoms with E-state index in [4.69, 9.17) is 4.74 Å². The van der Waals surface area contributed by atoms with Gasteiger partial charge in [-0.25, -0.2) is 4.39 Å². The number of thioether (sulfide) groups is 1. The quantitative estimate of drug-likeness (QED) is 0.726. The zero-order valence-corrected chi connectivity index (χ0v) is 17.2. The Morgan fingerprint density at radius 1 is 1.21 bits per heavy atom. The van der Waals surface area contributed by atoms with Gasteiger partial charge in [0.15, 0.2) is 5.16 Å². The minimum absolute atomic E-state index is 0.00335. The number of hydrogen-bond donors (Lipinski definition) is 1. The molecule has 0 bridgehead atoms. The third-order valence-corrected chi connectivity index (χ3v) is 6.21. The normalized spacial score (nSPS) is 18.0. The predicted octanol–water partition coefficient (Wildman–Crippen LogP) is 2.78. The van der Waals surface area contributed by atoms with Crippen LogP contribution in [0.5, 0.6) is 0 Å². The highest BCUT2D eigenvalue weighted by atomic mass is 32.2. The van der Waals surface area contributed by atoms with Crippen LogP contribution in [0.15, 0.2) is 29.4 Å². The van der Waals surface area contributed by atoms with Crippen molar-refractivity contribution in [1.29, 1.82) is 0 Å². The third-order valence-electron chi connectivity index (χ3n) is 5.28. The summed E-state index contributed by atoms with van der Waals surface area (Å²) in [6.45, 7) is 2.62. The largest absolute Gasteiger partial charge is 0.378 e. The lowest BCUT2D eigenvalue weighted by Crippen LogP contribution is -2.38. The number of carbonyl (C=O) groups is 1. The van der Waals surface area contributed by atoms with Crippen molar-refractivity contribution in [3.8, 4) is 5.69 Å². The lowest BCUT2D eigenvalue weighted by Gasteiger charge is -2.28. The Hall–Kier alpha value is -2.13. The fraction of sp³-hybridized carbons (Fsp3) is 0.550. The molecule has 1 N–H and O–H groups in total. The molecule has 2 heterocycles. The van der Waals surface area contributed by atoms with E-state index < -0.39 is 0 Å². The van der Waals surface area contributed by atoms with Gasteiger partial charge >= 0.3 is 0 Å². The van der Waals surface area contributed by atoms with Crippen LogP contribution in [0.25, 0.3) is 5.69 Å². The van der Waals surface area contributed by atoms with E-state index in [9.17, 15) is 9.18 Å². The zero-order chi connectivity index (χ0) is 20.1. The van der Waals surface area contributed by atoms with E-state index in [0.717, 1.165) is 12.8 Å². The molecule has 1 aromatic heterocycles. The van der Waals surface area contributed by atoms with Gasteiger partial charge in [-0.2, -0.15) is 0 Å². The molecule has 4 rings (SSSR count). The third kappa shape index (κ3) is 5.08. The predicted molar refractivity (Wildman–Crippen MR) is 110 cm³/mol. The van der Waals surface area contributed by atoms with E-state index in [0.29, 0.717) is 43.1 Å². The van der Waals surface area contributed by atoms with Gasteiger partial charge in [-0.3, -0.25) is 9.36 Å². The number of anilines is 1. The van der Waals surface area contributed by atoms with Crippen molar-refractivity contribution >= 4 is 23.6 Å². The molecular weight excluding hydrogens is 393 g/mol. The van der Waals surface area contributed by atoms with Crippen LogP contribution >= 0.6 is 11.8 Å². The van der Waals surface area contributed by atoms with Gasteiger partial charge in [-0.15, -0.1) is 10.2 Å². The fourth-order valence-electron chi connectivity index (χ4n) is 3.81. The smallest absolute Gasteiger partial charge is 0.232 e. The van der Waals surface area contributed by atoms with Crippen LogP contribution < -0.4 is 10.2 Å². The lowest BCUT2D eigenvalue weighted by atomic mass is 9.95. The molecule has 0 unspecified atom stereocenters. The van der Waals surface area contributed by atoms with Crippen LogP contribution in [0.1, 0.15) is 32.1 Å². The second-order valence-electron chi connectivity index (χ2n) is 7.39. The van der Waals surface area contributed by atoms with Crippen LogP contribution in [0.4, 0.5) is 10.3 Å². The molecule has 2 fully saturated rings. The SMILES string of the molecule is O=C(CSc1nnc(N2CCOCC2)n1-c1cccc(F)c1)NC1CCCCC1. The topological polar surface area (TPSA) is 72.3 Å². The van der Waals surface area contributed by atoms with Gasteiger partial charge in [0.25, 0.3) is 0 Å². The molecule has 156 valence electrons. The first-order valence-corrected chi connectivity index (χ1v) is 11.2. The number of rotatable bonds is 6. The molecule has 1 aliphatic carbocycles. The number of benzene rings is 1. The van der Waals surface area contributed by atoms with Crippen molar-refractivity contribution < 1.29 is 13.9 Å². The summed E-state index contributed by atoms with van der Waals surface area (Å²) in [5.41, 5.74) is 0.645. The van der Waals surface area contributed by atoms with Crippen LogP contribution in [0.3, 0.4) is 0 Å². The van der Waals surface area contributed by atoms with Crippen LogP contribution in [-0.2, 0) is 9.53 Å². The Bertz CT molecular complexity index is 834. The van der Waals surface area contributed by atoms with Gasteiger partial charge in [0.1, 0.15) is 5.82 Å². The fourth-order valence-corrected chi connectivity index (χ4v) is 4.57. The molecule has 1 saturated carbocycles. The van der Waals surface area contributed by atoms with E-state index in [1.807, 2.05) is 10.6 Å². The summed E-state index contributed by atoms with van der Waals surface area (Å²) in [4.78, 5) is 14.5. The molecule has 0 atom stereocenters. The number of morpholine rings is 1. The number of nitrogens with zero attached hydrogens (tertiary/aromatic N) is 4.